The summed E-state index contributed by atoms with van der Waals surface area (Å²) in [4.78, 5) is 0. The van der Waals surface area contributed by atoms with Gasteiger partial charge in [0.1, 0.15) is 0 Å². The molecular formula is C21H36. The Bertz CT molecular complexity index is 470. The van der Waals surface area contributed by atoms with Gasteiger partial charge in [0.25, 0.3) is 0 Å². The van der Waals surface area contributed by atoms with Gasteiger partial charge < -0.3 is 0 Å². The second-order valence-corrected chi connectivity index (χ2v) is 9.94. The number of hydrogen-bond donors (Lipinski definition) is 0. The fourth-order valence-corrected chi connectivity index (χ4v) is 6.06. The van der Waals surface area contributed by atoms with Crippen LogP contribution in [0, 0.1) is 33.5 Å². The first kappa shape index (κ1) is 15.6. The van der Waals surface area contributed by atoms with Crippen LogP contribution in [0.5, 0.6) is 0 Å². The minimum atomic E-state index is 0.491. The SMILES string of the molecule is CC1C(C)C(C)(C2=CCC2)C1(C)CCCC1(C)CC1(C)C. The maximum atomic E-state index is 2.59. The molecule has 120 valence electrons. The highest BCUT2D eigenvalue weighted by atomic mass is 14.7. The van der Waals surface area contributed by atoms with Crippen molar-refractivity contribution in [2.45, 2.75) is 87.0 Å². The van der Waals surface area contributed by atoms with Gasteiger partial charge in [0, 0.05) is 0 Å². The Balaban J connectivity index is 1.66. The standard InChI is InChI=1S/C21H36/c1-15-16(2)21(7,17-10-8-11-17)20(15,6)13-9-12-19(5)14-18(19,3)4/h10,15-16H,8-9,11-14H2,1-7H3. The second kappa shape index (κ2) is 4.39. The Kier molecular flexibility index (Phi) is 3.27. The van der Waals surface area contributed by atoms with E-state index in [9.17, 15) is 0 Å². The lowest BCUT2D eigenvalue weighted by atomic mass is 9.36. The maximum absolute atomic E-state index is 2.59. The lowest BCUT2D eigenvalue weighted by Crippen LogP contribution is -2.62. The Morgan fingerprint density at radius 1 is 1.00 bits per heavy atom. The molecule has 3 rings (SSSR count). The molecule has 5 atom stereocenters. The summed E-state index contributed by atoms with van der Waals surface area (Å²) in [6.07, 6.45) is 11.0. The van der Waals surface area contributed by atoms with E-state index in [1.165, 1.54) is 38.5 Å². The van der Waals surface area contributed by atoms with Gasteiger partial charge >= 0.3 is 0 Å². The third-order valence-corrected chi connectivity index (χ3v) is 9.09. The molecule has 0 radical (unpaired) electrons. The quantitative estimate of drug-likeness (QED) is 0.499. The molecule has 0 N–H and O–H groups in total. The van der Waals surface area contributed by atoms with Gasteiger partial charge in [0.2, 0.25) is 0 Å². The third kappa shape index (κ3) is 1.86. The van der Waals surface area contributed by atoms with E-state index in [1.54, 1.807) is 5.57 Å². The molecule has 0 aromatic heterocycles. The molecule has 0 spiro atoms. The van der Waals surface area contributed by atoms with E-state index in [1.807, 2.05) is 0 Å². The summed E-state index contributed by atoms with van der Waals surface area (Å²) in [6.45, 7) is 17.6. The van der Waals surface area contributed by atoms with Crippen molar-refractivity contribution in [1.82, 2.24) is 0 Å². The Hall–Kier alpha value is -0.260. The third-order valence-electron chi connectivity index (χ3n) is 9.09. The number of hydrogen-bond acceptors (Lipinski definition) is 0. The molecule has 0 nitrogen and oxygen atoms in total. The predicted octanol–water partition coefficient (Wildman–Crippen LogP) is 6.61. The Morgan fingerprint density at radius 3 is 2.00 bits per heavy atom. The zero-order chi connectivity index (χ0) is 15.7. The highest BCUT2D eigenvalue weighted by Crippen LogP contribution is 2.72. The topological polar surface area (TPSA) is 0 Å². The van der Waals surface area contributed by atoms with Crippen molar-refractivity contribution in [2.75, 3.05) is 0 Å². The van der Waals surface area contributed by atoms with E-state index in [-0.39, 0.29) is 0 Å². The first-order valence-corrected chi connectivity index (χ1v) is 9.28. The number of rotatable bonds is 5. The van der Waals surface area contributed by atoms with E-state index >= 15 is 0 Å². The van der Waals surface area contributed by atoms with E-state index in [0.717, 1.165) is 11.8 Å². The van der Waals surface area contributed by atoms with Crippen molar-refractivity contribution in [3.05, 3.63) is 11.6 Å². The van der Waals surface area contributed by atoms with Crippen LogP contribution in [0.1, 0.15) is 87.0 Å². The average molecular weight is 289 g/mol. The van der Waals surface area contributed by atoms with Crippen LogP contribution in [-0.2, 0) is 0 Å². The van der Waals surface area contributed by atoms with Crippen molar-refractivity contribution in [3.63, 3.8) is 0 Å². The normalized spacial score (nSPS) is 50.9. The molecule has 5 unspecified atom stereocenters. The molecule has 0 heterocycles. The van der Waals surface area contributed by atoms with Crippen molar-refractivity contribution in [1.29, 1.82) is 0 Å². The van der Waals surface area contributed by atoms with Crippen molar-refractivity contribution in [2.24, 2.45) is 33.5 Å². The van der Waals surface area contributed by atoms with Crippen LogP contribution in [0.3, 0.4) is 0 Å². The van der Waals surface area contributed by atoms with Crippen LogP contribution in [-0.4, -0.2) is 0 Å². The minimum Gasteiger partial charge on any atom is -0.0844 e. The molecule has 0 heteroatoms. The molecule has 0 bridgehead atoms. The fraction of sp³-hybridized carbons (Fsp3) is 0.905. The summed E-state index contributed by atoms with van der Waals surface area (Å²) in [6, 6.07) is 0. The minimum absolute atomic E-state index is 0.491. The van der Waals surface area contributed by atoms with Gasteiger partial charge in [-0.1, -0.05) is 66.5 Å². The molecule has 0 aromatic carbocycles. The van der Waals surface area contributed by atoms with E-state index in [4.69, 9.17) is 0 Å². The summed E-state index contributed by atoms with van der Waals surface area (Å²) >= 11 is 0. The lowest BCUT2D eigenvalue weighted by Gasteiger charge is -2.68. The zero-order valence-corrected chi connectivity index (χ0v) is 15.5. The highest BCUT2D eigenvalue weighted by molar-refractivity contribution is 5.31. The monoisotopic (exact) mass is 288 g/mol. The van der Waals surface area contributed by atoms with E-state index in [2.05, 4.69) is 54.5 Å². The van der Waals surface area contributed by atoms with Crippen LogP contribution in [0.25, 0.3) is 0 Å². The van der Waals surface area contributed by atoms with Gasteiger partial charge in [-0.15, -0.1) is 0 Å². The molecule has 0 aromatic rings. The summed E-state index contributed by atoms with van der Waals surface area (Å²) in [5.41, 5.74) is 4.05. The molecule has 3 aliphatic carbocycles. The first-order valence-electron chi connectivity index (χ1n) is 9.28. The van der Waals surface area contributed by atoms with Crippen molar-refractivity contribution in [3.8, 4) is 0 Å². The summed E-state index contributed by atoms with van der Waals surface area (Å²) in [7, 11) is 0. The van der Waals surface area contributed by atoms with Gasteiger partial charge in [-0.3, -0.25) is 0 Å². The van der Waals surface area contributed by atoms with Crippen molar-refractivity contribution >= 4 is 0 Å². The molecule has 2 saturated carbocycles. The fourth-order valence-electron chi connectivity index (χ4n) is 6.06. The van der Waals surface area contributed by atoms with Gasteiger partial charge in [-0.05, 0) is 65.6 Å². The highest BCUT2D eigenvalue weighted by Gasteiger charge is 2.64. The summed E-state index contributed by atoms with van der Waals surface area (Å²) in [5.74, 6) is 1.74. The van der Waals surface area contributed by atoms with Crippen LogP contribution in [0.15, 0.2) is 11.6 Å². The molecule has 0 aliphatic heterocycles. The smallest absolute Gasteiger partial charge is 0.00315 e. The predicted molar refractivity (Wildman–Crippen MR) is 92.2 cm³/mol. The first-order chi connectivity index (χ1) is 9.58. The van der Waals surface area contributed by atoms with Crippen LogP contribution in [0.2, 0.25) is 0 Å². The summed E-state index contributed by atoms with van der Waals surface area (Å²) < 4.78 is 0. The average Bonchev–Trinajstić information content (AvgIpc) is 2.83. The van der Waals surface area contributed by atoms with Gasteiger partial charge in [0.05, 0.1) is 0 Å². The van der Waals surface area contributed by atoms with Crippen LogP contribution in [0.4, 0.5) is 0 Å². The number of allylic oxidation sites excluding steroid dienone is 2. The van der Waals surface area contributed by atoms with E-state index in [0.29, 0.717) is 21.7 Å². The molecule has 0 amide bonds. The maximum Gasteiger partial charge on any atom is -0.00315 e. The van der Waals surface area contributed by atoms with Crippen molar-refractivity contribution < 1.29 is 0 Å². The van der Waals surface area contributed by atoms with Gasteiger partial charge in [0.15, 0.2) is 0 Å². The van der Waals surface area contributed by atoms with Crippen LogP contribution < -0.4 is 0 Å². The molecule has 3 aliphatic rings. The van der Waals surface area contributed by atoms with E-state index < -0.39 is 0 Å². The Labute approximate surface area is 132 Å². The molecule has 2 fully saturated rings. The zero-order valence-electron chi connectivity index (χ0n) is 15.5. The van der Waals surface area contributed by atoms with Crippen LogP contribution >= 0.6 is 0 Å². The lowest BCUT2D eigenvalue weighted by molar-refractivity contribution is -0.158. The van der Waals surface area contributed by atoms with Gasteiger partial charge in [-0.25, -0.2) is 0 Å². The molecule has 0 saturated heterocycles. The van der Waals surface area contributed by atoms with Gasteiger partial charge in [-0.2, -0.15) is 0 Å². The second-order valence-electron chi connectivity index (χ2n) is 9.94. The molecular weight excluding hydrogens is 252 g/mol. The molecule has 21 heavy (non-hydrogen) atoms. The Morgan fingerprint density at radius 2 is 1.57 bits per heavy atom. The largest absolute Gasteiger partial charge is 0.0844 e. The summed E-state index contributed by atoms with van der Waals surface area (Å²) in [5, 5.41) is 0.